The number of hydrogen-bond acceptors (Lipinski definition) is 5. The highest BCUT2D eigenvalue weighted by Gasteiger charge is 2.33. The summed E-state index contributed by atoms with van der Waals surface area (Å²) in [5, 5.41) is 14.9. The number of carboxylic acid groups (broad SMARTS) is 1. The zero-order chi connectivity index (χ0) is 21.7. The van der Waals surface area contributed by atoms with Crippen molar-refractivity contribution in [3.63, 3.8) is 0 Å². The van der Waals surface area contributed by atoms with Crippen LogP contribution in [0.2, 0.25) is 6.82 Å². The van der Waals surface area contributed by atoms with Crippen molar-refractivity contribution in [1.29, 1.82) is 0 Å². The van der Waals surface area contributed by atoms with Crippen LogP contribution < -0.4 is 14.9 Å². The number of hydrazone groups is 1. The molecule has 1 radical (unpaired) electrons. The number of nitrogens with zero attached hydrogens (tertiary/aromatic N) is 2. The zero-order valence-electron chi connectivity index (χ0n) is 17.3. The summed E-state index contributed by atoms with van der Waals surface area (Å²) >= 11 is 0. The molecule has 0 spiro atoms. The SMILES string of the molecule is C[B]c1ccc(C2=NN(C(=O)CCC(=O)O)C(c3ccc(OC)c(OC)c3)C2)cc1. The van der Waals surface area contributed by atoms with Gasteiger partial charge in [0, 0.05) is 12.8 Å². The number of benzene rings is 2. The highest BCUT2D eigenvalue weighted by molar-refractivity contribution is 6.51. The molecule has 2 aromatic carbocycles. The van der Waals surface area contributed by atoms with Crippen molar-refractivity contribution >= 4 is 30.3 Å². The number of rotatable bonds is 8. The van der Waals surface area contributed by atoms with E-state index in [2.05, 4.69) is 5.10 Å². The highest BCUT2D eigenvalue weighted by atomic mass is 16.5. The van der Waals surface area contributed by atoms with Gasteiger partial charge in [-0.2, -0.15) is 5.10 Å². The van der Waals surface area contributed by atoms with Gasteiger partial charge >= 0.3 is 5.97 Å². The van der Waals surface area contributed by atoms with Crippen LogP contribution in [0.4, 0.5) is 0 Å². The molecule has 0 saturated heterocycles. The number of carbonyl (C=O) groups is 2. The van der Waals surface area contributed by atoms with Crippen molar-refractivity contribution < 1.29 is 24.2 Å². The molecule has 3 rings (SSSR count). The van der Waals surface area contributed by atoms with E-state index < -0.39 is 5.97 Å². The summed E-state index contributed by atoms with van der Waals surface area (Å²) in [6.45, 7) is 1.97. The molecule has 0 aromatic heterocycles. The van der Waals surface area contributed by atoms with E-state index in [0.717, 1.165) is 22.3 Å². The summed E-state index contributed by atoms with van der Waals surface area (Å²) in [5.41, 5.74) is 3.65. The maximum absolute atomic E-state index is 12.8. The normalized spacial score (nSPS) is 15.5. The second-order valence-corrected chi connectivity index (χ2v) is 6.92. The van der Waals surface area contributed by atoms with Gasteiger partial charge in [0.1, 0.15) is 7.28 Å². The first-order valence-electron chi connectivity index (χ1n) is 9.70. The average Bonchev–Trinajstić information content (AvgIpc) is 3.22. The minimum absolute atomic E-state index is 0.111. The van der Waals surface area contributed by atoms with Gasteiger partial charge in [-0.05, 0) is 23.3 Å². The van der Waals surface area contributed by atoms with Crippen molar-refractivity contribution in [3.05, 3.63) is 53.6 Å². The van der Waals surface area contributed by atoms with Gasteiger partial charge in [-0.1, -0.05) is 42.6 Å². The van der Waals surface area contributed by atoms with Crippen LogP contribution in [-0.2, 0) is 9.59 Å². The highest BCUT2D eigenvalue weighted by Crippen LogP contribution is 2.37. The van der Waals surface area contributed by atoms with Crippen LogP contribution >= 0.6 is 0 Å². The standard InChI is InChI=1S/C22H24BN2O5/c1-23-16-7-4-14(5-8-16)17-13-18(25(24-17)21(26)10-11-22(27)28)15-6-9-19(29-2)20(12-15)30-3/h4-9,12,18H,10-11,13H2,1-3H3,(H,27,28). The Morgan fingerprint density at radius 3 is 2.40 bits per heavy atom. The topological polar surface area (TPSA) is 88.4 Å². The molecule has 7 nitrogen and oxygen atoms in total. The van der Waals surface area contributed by atoms with Crippen molar-refractivity contribution in [3.8, 4) is 11.5 Å². The third kappa shape index (κ3) is 4.64. The molecule has 30 heavy (non-hydrogen) atoms. The molecule has 1 aliphatic rings. The molecule has 0 saturated carbocycles. The summed E-state index contributed by atoms with van der Waals surface area (Å²) in [7, 11) is 5.13. The molecule has 0 fully saturated rings. The zero-order valence-corrected chi connectivity index (χ0v) is 17.3. The molecule has 1 amide bonds. The third-order valence-electron chi connectivity index (χ3n) is 5.09. The fourth-order valence-electron chi connectivity index (χ4n) is 3.43. The number of carboxylic acids is 1. The van der Waals surface area contributed by atoms with Crippen LogP contribution in [0, 0.1) is 0 Å². The maximum atomic E-state index is 12.8. The van der Waals surface area contributed by atoms with Gasteiger partial charge in [-0.15, -0.1) is 0 Å². The molecule has 0 bridgehead atoms. The molecule has 0 aliphatic carbocycles. The fourth-order valence-corrected chi connectivity index (χ4v) is 3.43. The van der Waals surface area contributed by atoms with Crippen LogP contribution in [0.25, 0.3) is 0 Å². The van der Waals surface area contributed by atoms with Crippen LogP contribution in [-0.4, -0.2) is 49.2 Å². The Morgan fingerprint density at radius 1 is 1.10 bits per heavy atom. The largest absolute Gasteiger partial charge is 0.493 e. The van der Waals surface area contributed by atoms with E-state index in [-0.39, 0.29) is 24.8 Å². The summed E-state index contributed by atoms with van der Waals surface area (Å²) < 4.78 is 10.7. The van der Waals surface area contributed by atoms with E-state index in [1.165, 1.54) is 5.01 Å². The average molecular weight is 407 g/mol. The lowest BCUT2D eigenvalue weighted by atomic mass is 9.73. The first-order valence-corrected chi connectivity index (χ1v) is 9.70. The van der Waals surface area contributed by atoms with Gasteiger partial charge in [-0.25, -0.2) is 5.01 Å². The minimum atomic E-state index is -1.01. The van der Waals surface area contributed by atoms with E-state index in [1.807, 2.05) is 50.5 Å². The molecular formula is C22H24BN2O5. The van der Waals surface area contributed by atoms with Gasteiger partial charge in [-0.3, -0.25) is 9.59 Å². The summed E-state index contributed by atoms with van der Waals surface area (Å²) in [5.74, 6) is -0.189. The number of carbonyl (C=O) groups excluding carboxylic acids is 1. The van der Waals surface area contributed by atoms with E-state index in [1.54, 1.807) is 20.3 Å². The Labute approximate surface area is 176 Å². The van der Waals surface area contributed by atoms with Crippen LogP contribution in [0.5, 0.6) is 11.5 Å². The second-order valence-electron chi connectivity index (χ2n) is 6.92. The van der Waals surface area contributed by atoms with Crippen molar-refractivity contribution in [2.24, 2.45) is 5.10 Å². The monoisotopic (exact) mass is 407 g/mol. The second kappa shape index (κ2) is 9.48. The lowest BCUT2D eigenvalue weighted by molar-refractivity contribution is -0.141. The Kier molecular flexibility index (Phi) is 6.77. The number of hydrogen-bond donors (Lipinski definition) is 1. The van der Waals surface area contributed by atoms with Crippen molar-refractivity contribution in [1.82, 2.24) is 5.01 Å². The molecule has 2 aromatic rings. The minimum Gasteiger partial charge on any atom is -0.493 e. The first-order chi connectivity index (χ1) is 14.5. The van der Waals surface area contributed by atoms with Gasteiger partial charge in [0.15, 0.2) is 11.5 Å². The predicted octanol–water partition coefficient (Wildman–Crippen LogP) is 2.62. The smallest absolute Gasteiger partial charge is 0.303 e. The summed E-state index contributed by atoms with van der Waals surface area (Å²) in [6, 6.07) is 13.1. The van der Waals surface area contributed by atoms with E-state index in [4.69, 9.17) is 14.6 Å². The van der Waals surface area contributed by atoms with Crippen LogP contribution in [0.15, 0.2) is 47.6 Å². The van der Waals surface area contributed by atoms with Gasteiger partial charge in [0.2, 0.25) is 5.91 Å². The van der Waals surface area contributed by atoms with Crippen LogP contribution in [0.1, 0.15) is 36.4 Å². The van der Waals surface area contributed by atoms with Crippen LogP contribution in [0.3, 0.4) is 0 Å². The molecule has 1 atom stereocenters. The third-order valence-corrected chi connectivity index (χ3v) is 5.09. The quantitative estimate of drug-likeness (QED) is 0.680. The number of aliphatic carboxylic acids is 1. The number of methoxy groups -OCH3 is 2. The molecule has 1 N–H and O–H groups in total. The molecule has 8 heteroatoms. The van der Waals surface area contributed by atoms with E-state index in [9.17, 15) is 9.59 Å². The Hall–Kier alpha value is -3.29. The molecule has 155 valence electrons. The lowest BCUT2D eigenvalue weighted by Crippen LogP contribution is -2.27. The lowest BCUT2D eigenvalue weighted by Gasteiger charge is -2.22. The fraction of sp³-hybridized carbons (Fsp3) is 0.318. The van der Waals surface area contributed by atoms with E-state index >= 15 is 0 Å². The van der Waals surface area contributed by atoms with Crippen molar-refractivity contribution in [2.45, 2.75) is 32.1 Å². The Balaban J connectivity index is 1.94. The number of amides is 1. The van der Waals surface area contributed by atoms with Gasteiger partial charge in [0.05, 0.1) is 32.4 Å². The van der Waals surface area contributed by atoms with Gasteiger partial charge in [0.25, 0.3) is 0 Å². The van der Waals surface area contributed by atoms with E-state index in [0.29, 0.717) is 17.9 Å². The first kappa shape index (κ1) is 21.4. The molecular weight excluding hydrogens is 383 g/mol. The molecule has 1 unspecified atom stereocenters. The maximum Gasteiger partial charge on any atom is 0.303 e. The predicted molar refractivity (Wildman–Crippen MR) is 115 cm³/mol. The Morgan fingerprint density at radius 2 is 1.80 bits per heavy atom. The molecule has 1 aliphatic heterocycles. The number of ether oxygens (including phenoxy) is 2. The van der Waals surface area contributed by atoms with Gasteiger partial charge < -0.3 is 14.6 Å². The molecule has 1 heterocycles. The summed E-state index contributed by atoms with van der Waals surface area (Å²) in [6.07, 6.45) is 0.170. The van der Waals surface area contributed by atoms with Crippen molar-refractivity contribution in [2.75, 3.05) is 14.2 Å². The summed E-state index contributed by atoms with van der Waals surface area (Å²) in [4.78, 5) is 23.7. The Bertz CT molecular complexity index is 959.